The molecule has 3 rings (SSSR count). The molecule has 0 saturated carbocycles. The van der Waals surface area contributed by atoms with Crippen molar-refractivity contribution in [2.45, 2.75) is 6.54 Å². The lowest BCUT2D eigenvalue weighted by atomic mass is 10.2. The van der Waals surface area contributed by atoms with Crippen LogP contribution in [0.25, 0.3) is 0 Å². The van der Waals surface area contributed by atoms with E-state index < -0.39 is 0 Å². The van der Waals surface area contributed by atoms with Crippen LogP contribution in [0.5, 0.6) is 5.75 Å². The number of piperazine rings is 1. The first kappa shape index (κ1) is 20.8. The molecule has 1 aliphatic rings. The predicted molar refractivity (Wildman–Crippen MR) is 114 cm³/mol. The molecule has 1 fully saturated rings. The zero-order valence-corrected chi connectivity index (χ0v) is 17.8. The van der Waals surface area contributed by atoms with E-state index in [-0.39, 0.29) is 5.91 Å². The van der Waals surface area contributed by atoms with Crippen LogP contribution in [0.2, 0.25) is 10.0 Å². The average Bonchev–Trinajstić information content (AvgIpc) is 2.68. The van der Waals surface area contributed by atoms with E-state index in [4.69, 9.17) is 27.9 Å². The molecule has 0 radical (unpaired) electrons. The second-order valence-corrected chi connectivity index (χ2v) is 7.99. The summed E-state index contributed by atoms with van der Waals surface area (Å²) in [5.41, 5.74) is 2.11. The number of nitrogens with zero attached hydrogens (tertiary/aromatic N) is 2. The highest BCUT2D eigenvalue weighted by atomic mass is 35.5. The lowest BCUT2D eigenvalue weighted by Crippen LogP contribution is -3.09. The van der Waals surface area contributed by atoms with Crippen LogP contribution in [0.4, 0.5) is 5.69 Å². The molecular formula is C21H26Cl2N3O2+. The lowest BCUT2D eigenvalue weighted by Gasteiger charge is -2.36. The number of amides is 1. The molecule has 0 aliphatic carbocycles. The molecule has 1 heterocycles. The van der Waals surface area contributed by atoms with Gasteiger partial charge in [-0.2, -0.15) is 0 Å². The van der Waals surface area contributed by atoms with Crippen molar-refractivity contribution in [3.8, 4) is 5.75 Å². The zero-order valence-electron chi connectivity index (χ0n) is 16.3. The number of likely N-dealkylation sites (N-methyl/N-ethyl adjacent to an activating group) is 1. The number of nitrogens with one attached hydrogen (secondary N) is 1. The summed E-state index contributed by atoms with van der Waals surface area (Å²) >= 11 is 12.2. The van der Waals surface area contributed by atoms with E-state index in [2.05, 4.69) is 11.0 Å². The average molecular weight is 423 g/mol. The molecular weight excluding hydrogens is 397 g/mol. The molecule has 5 nitrogen and oxygen atoms in total. The van der Waals surface area contributed by atoms with Crippen LogP contribution < -0.4 is 14.5 Å². The standard InChI is InChI=1S/C21H25Cl2N3O2/c1-24(14-16-12-18(23)6-7-20(16)28-2)15-21(27)26-10-8-25(9-11-26)19-5-3-4-17(22)13-19/h3-7,12-13H,8-11,14-15H2,1-2H3/p+1. The predicted octanol–water partition coefficient (Wildman–Crippen LogP) is 2.37. The van der Waals surface area contributed by atoms with E-state index in [9.17, 15) is 4.79 Å². The number of carbonyl (C=O) groups excluding carboxylic acids is 1. The topological polar surface area (TPSA) is 37.2 Å². The number of ether oxygens (including phenoxy) is 1. The van der Waals surface area contributed by atoms with Crippen LogP contribution in [-0.2, 0) is 11.3 Å². The van der Waals surface area contributed by atoms with Gasteiger partial charge >= 0.3 is 0 Å². The Hall–Kier alpha value is -1.95. The first-order chi connectivity index (χ1) is 13.5. The van der Waals surface area contributed by atoms with Gasteiger partial charge in [0.15, 0.2) is 6.54 Å². The van der Waals surface area contributed by atoms with E-state index in [1.54, 1.807) is 7.11 Å². The maximum Gasteiger partial charge on any atom is 0.277 e. The molecule has 0 aromatic heterocycles. The van der Waals surface area contributed by atoms with Crippen molar-refractivity contribution >= 4 is 34.8 Å². The zero-order chi connectivity index (χ0) is 20.1. The number of halogens is 2. The van der Waals surface area contributed by atoms with Crippen LogP contribution in [0, 0.1) is 0 Å². The third-order valence-electron chi connectivity index (χ3n) is 4.99. The van der Waals surface area contributed by atoms with Crippen molar-refractivity contribution in [3.63, 3.8) is 0 Å². The molecule has 150 valence electrons. The molecule has 0 bridgehead atoms. The van der Waals surface area contributed by atoms with Crippen molar-refractivity contribution < 1.29 is 14.4 Å². The van der Waals surface area contributed by atoms with Crippen molar-refractivity contribution in [2.75, 3.05) is 51.8 Å². The van der Waals surface area contributed by atoms with Gasteiger partial charge in [-0.1, -0.05) is 29.3 Å². The summed E-state index contributed by atoms with van der Waals surface area (Å²) in [5.74, 6) is 0.968. The van der Waals surface area contributed by atoms with Gasteiger partial charge < -0.3 is 19.4 Å². The summed E-state index contributed by atoms with van der Waals surface area (Å²) in [6.07, 6.45) is 0. The highest BCUT2D eigenvalue weighted by Crippen LogP contribution is 2.22. The summed E-state index contributed by atoms with van der Waals surface area (Å²) in [4.78, 5) is 18.0. The normalized spacial score (nSPS) is 15.4. The number of rotatable bonds is 6. The Kier molecular flexibility index (Phi) is 7.05. The number of anilines is 1. The van der Waals surface area contributed by atoms with E-state index in [0.29, 0.717) is 18.1 Å². The SMILES string of the molecule is COc1ccc(Cl)cc1C[NH+](C)CC(=O)N1CCN(c2cccc(Cl)c2)CC1. The fourth-order valence-electron chi connectivity index (χ4n) is 3.53. The second-order valence-electron chi connectivity index (χ2n) is 7.11. The minimum absolute atomic E-state index is 0.171. The number of methoxy groups -OCH3 is 1. The maximum absolute atomic E-state index is 12.7. The lowest BCUT2D eigenvalue weighted by molar-refractivity contribution is -0.885. The fourth-order valence-corrected chi connectivity index (χ4v) is 3.91. The van der Waals surface area contributed by atoms with Gasteiger partial charge in [-0.3, -0.25) is 4.79 Å². The van der Waals surface area contributed by atoms with Gasteiger partial charge in [0.1, 0.15) is 12.3 Å². The fraction of sp³-hybridized carbons (Fsp3) is 0.381. The molecule has 2 aromatic carbocycles. The Morgan fingerprint density at radius 1 is 1.07 bits per heavy atom. The molecule has 0 spiro atoms. The minimum Gasteiger partial charge on any atom is -0.496 e. The third kappa shape index (κ3) is 5.31. The summed E-state index contributed by atoms with van der Waals surface area (Å²) < 4.78 is 5.40. The van der Waals surface area contributed by atoms with Crippen molar-refractivity contribution in [3.05, 3.63) is 58.1 Å². The van der Waals surface area contributed by atoms with Gasteiger partial charge in [0, 0.05) is 47.5 Å². The van der Waals surface area contributed by atoms with Gasteiger partial charge in [-0.15, -0.1) is 0 Å². The van der Waals surface area contributed by atoms with Gasteiger partial charge in [-0.05, 0) is 36.4 Å². The Balaban J connectivity index is 1.52. The highest BCUT2D eigenvalue weighted by Gasteiger charge is 2.24. The molecule has 2 aromatic rings. The molecule has 28 heavy (non-hydrogen) atoms. The monoisotopic (exact) mass is 422 g/mol. The first-order valence-electron chi connectivity index (χ1n) is 9.38. The van der Waals surface area contributed by atoms with E-state index >= 15 is 0 Å². The van der Waals surface area contributed by atoms with E-state index in [1.165, 1.54) is 0 Å². The van der Waals surface area contributed by atoms with Gasteiger partial charge in [-0.25, -0.2) is 0 Å². The summed E-state index contributed by atoms with van der Waals surface area (Å²) in [5, 5.41) is 1.41. The molecule has 1 saturated heterocycles. The number of hydrogen-bond donors (Lipinski definition) is 1. The molecule has 1 atom stereocenters. The molecule has 1 aliphatic heterocycles. The Bertz CT molecular complexity index is 823. The second kappa shape index (κ2) is 9.50. The van der Waals surface area contributed by atoms with Gasteiger partial charge in [0.25, 0.3) is 5.91 Å². The molecule has 7 heteroatoms. The summed E-state index contributed by atoms with van der Waals surface area (Å²) in [7, 11) is 3.66. The van der Waals surface area contributed by atoms with Crippen LogP contribution in [-0.4, -0.2) is 57.7 Å². The Labute approximate surface area is 176 Å². The Morgan fingerprint density at radius 2 is 1.79 bits per heavy atom. The van der Waals surface area contributed by atoms with Crippen LogP contribution >= 0.6 is 23.2 Å². The largest absolute Gasteiger partial charge is 0.496 e. The van der Waals surface area contributed by atoms with E-state index in [0.717, 1.165) is 53.1 Å². The molecule has 1 unspecified atom stereocenters. The van der Waals surface area contributed by atoms with Gasteiger partial charge in [0.2, 0.25) is 0 Å². The molecule has 1 amide bonds. The Morgan fingerprint density at radius 3 is 2.46 bits per heavy atom. The van der Waals surface area contributed by atoms with Crippen LogP contribution in [0.3, 0.4) is 0 Å². The summed E-state index contributed by atoms with van der Waals surface area (Å²) in [6.45, 7) is 4.18. The van der Waals surface area contributed by atoms with Gasteiger partial charge in [0.05, 0.1) is 14.2 Å². The smallest absolute Gasteiger partial charge is 0.277 e. The third-order valence-corrected chi connectivity index (χ3v) is 5.46. The van der Waals surface area contributed by atoms with Crippen molar-refractivity contribution in [1.82, 2.24) is 4.90 Å². The quantitative estimate of drug-likeness (QED) is 0.776. The minimum atomic E-state index is 0.171. The maximum atomic E-state index is 12.7. The van der Waals surface area contributed by atoms with Crippen LogP contribution in [0.1, 0.15) is 5.56 Å². The number of carbonyl (C=O) groups is 1. The molecule has 1 N–H and O–H groups in total. The van der Waals surface area contributed by atoms with Crippen molar-refractivity contribution in [2.24, 2.45) is 0 Å². The number of benzene rings is 2. The first-order valence-corrected chi connectivity index (χ1v) is 10.1. The van der Waals surface area contributed by atoms with E-state index in [1.807, 2.05) is 48.3 Å². The van der Waals surface area contributed by atoms with Crippen molar-refractivity contribution in [1.29, 1.82) is 0 Å². The number of quaternary nitrogens is 1. The van der Waals surface area contributed by atoms with Crippen LogP contribution in [0.15, 0.2) is 42.5 Å². The number of hydrogen-bond acceptors (Lipinski definition) is 3. The summed E-state index contributed by atoms with van der Waals surface area (Å²) in [6, 6.07) is 13.4. The highest BCUT2D eigenvalue weighted by molar-refractivity contribution is 6.31.